The molecule has 19 heteroatoms. The molecule has 0 fully saturated rings. The Morgan fingerprint density at radius 3 is 0.648 bits per heavy atom. The van der Waals surface area contributed by atoms with Gasteiger partial charge in [0.2, 0.25) is 0 Å². The Balaban J connectivity index is 5.17. The number of carbonyl (C=O) groups is 4. The van der Waals surface area contributed by atoms with E-state index < -0.39 is 97.5 Å². The van der Waals surface area contributed by atoms with E-state index in [0.29, 0.717) is 25.7 Å². The Bertz CT molecular complexity index is 1740. The van der Waals surface area contributed by atoms with E-state index in [1.807, 2.05) is 0 Å². The van der Waals surface area contributed by atoms with Crippen LogP contribution in [0.3, 0.4) is 0 Å². The second-order valence-electron chi connectivity index (χ2n) is 26.0. The molecule has 0 aromatic carbocycles. The van der Waals surface area contributed by atoms with Gasteiger partial charge in [-0.2, -0.15) is 0 Å². The smallest absolute Gasteiger partial charge is 0.462 e. The monoisotopic (exact) mass is 1340 g/mol. The van der Waals surface area contributed by atoms with Gasteiger partial charge in [0, 0.05) is 25.7 Å². The maximum absolute atomic E-state index is 13.0. The lowest BCUT2D eigenvalue weighted by molar-refractivity contribution is -0.161. The number of esters is 4. The standard InChI is InChI=1S/C72H140O17P2/c1-5-9-13-17-21-24-27-30-33-36-39-42-46-49-53-57-70(75)83-63-68(89-72(77)59-55-51-47-43-40-37-34-31-28-25-22-18-14-10-6-2)65-87-91(80,81)85-61-66(73)60-84-90(78,79)86-64-67(88-71(76)58-54-50-44-20-16-12-8-4)62-82-69(74)56-52-48-45-41-38-35-32-29-26-23-19-15-11-7-3/h66-68,73H,5-65H2,1-4H3,(H,78,79)(H,80,81)/t66-,67+,68+/m0/s1. The third kappa shape index (κ3) is 66.5. The molecule has 0 radical (unpaired) electrons. The molecular formula is C72H140O17P2. The van der Waals surface area contributed by atoms with E-state index in [9.17, 15) is 43.2 Å². The summed E-state index contributed by atoms with van der Waals surface area (Å²) >= 11 is 0. The predicted molar refractivity (Wildman–Crippen MR) is 368 cm³/mol. The molecule has 2 unspecified atom stereocenters. The van der Waals surface area contributed by atoms with Gasteiger partial charge in [0.25, 0.3) is 0 Å². The van der Waals surface area contributed by atoms with Gasteiger partial charge >= 0.3 is 39.5 Å². The molecule has 5 atom stereocenters. The van der Waals surface area contributed by atoms with Crippen LogP contribution in [0.1, 0.15) is 381 Å². The lowest BCUT2D eigenvalue weighted by atomic mass is 10.0. The molecular weight excluding hydrogens is 1200 g/mol. The summed E-state index contributed by atoms with van der Waals surface area (Å²) in [5.41, 5.74) is 0. The Hall–Kier alpha value is -1.94. The highest BCUT2D eigenvalue weighted by Gasteiger charge is 2.30. The molecule has 3 N–H and O–H groups in total. The molecule has 0 bridgehead atoms. The van der Waals surface area contributed by atoms with Crippen molar-refractivity contribution in [2.45, 2.75) is 399 Å². The fourth-order valence-corrected chi connectivity index (χ4v) is 12.6. The van der Waals surface area contributed by atoms with Gasteiger partial charge < -0.3 is 33.8 Å². The van der Waals surface area contributed by atoms with Crippen LogP contribution in [0.15, 0.2) is 0 Å². The van der Waals surface area contributed by atoms with Crippen molar-refractivity contribution in [1.29, 1.82) is 0 Å². The minimum atomic E-state index is -4.95. The van der Waals surface area contributed by atoms with E-state index in [1.54, 1.807) is 0 Å². The summed E-state index contributed by atoms with van der Waals surface area (Å²) in [6.07, 6.45) is 55.5. The van der Waals surface area contributed by atoms with Crippen LogP contribution in [0.2, 0.25) is 0 Å². The zero-order valence-electron chi connectivity index (χ0n) is 58.8. The predicted octanol–water partition coefficient (Wildman–Crippen LogP) is 21.1. The topological polar surface area (TPSA) is 237 Å². The lowest BCUT2D eigenvalue weighted by Gasteiger charge is -2.21. The average molecular weight is 1340 g/mol. The van der Waals surface area contributed by atoms with E-state index in [1.165, 1.54) is 199 Å². The summed E-state index contributed by atoms with van der Waals surface area (Å²) in [4.78, 5) is 72.5. The summed E-state index contributed by atoms with van der Waals surface area (Å²) in [6, 6.07) is 0. The van der Waals surface area contributed by atoms with Gasteiger partial charge in [-0.25, -0.2) is 9.13 Å². The Morgan fingerprint density at radius 2 is 0.440 bits per heavy atom. The Morgan fingerprint density at radius 1 is 0.264 bits per heavy atom. The number of aliphatic hydroxyl groups excluding tert-OH is 1. The first-order valence-electron chi connectivity index (χ1n) is 37.8. The molecule has 0 spiro atoms. The van der Waals surface area contributed by atoms with Gasteiger partial charge in [-0.1, -0.05) is 329 Å². The third-order valence-corrected chi connectivity index (χ3v) is 18.8. The highest BCUT2D eigenvalue weighted by molar-refractivity contribution is 7.47. The van der Waals surface area contributed by atoms with Gasteiger partial charge in [-0.3, -0.25) is 37.3 Å². The second kappa shape index (κ2) is 66.7. The summed E-state index contributed by atoms with van der Waals surface area (Å²) in [5, 5.41) is 10.6. The minimum Gasteiger partial charge on any atom is -0.462 e. The van der Waals surface area contributed by atoms with E-state index >= 15 is 0 Å². The largest absolute Gasteiger partial charge is 0.472 e. The number of rotatable bonds is 73. The molecule has 0 aromatic rings. The van der Waals surface area contributed by atoms with E-state index in [4.69, 9.17) is 37.0 Å². The highest BCUT2D eigenvalue weighted by atomic mass is 31.2. The van der Waals surface area contributed by atoms with Crippen LogP contribution in [0.4, 0.5) is 0 Å². The second-order valence-corrected chi connectivity index (χ2v) is 28.9. The zero-order valence-corrected chi connectivity index (χ0v) is 60.6. The molecule has 91 heavy (non-hydrogen) atoms. The number of aliphatic hydroxyl groups is 1. The first-order chi connectivity index (χ1) is 44.2. The molecule has 0 aliphatic heterocycles. The van der Waals surface area contributed by atoms with Crippen molar-refractivity contribution in [3.8, 4) is 0 Å². The fourth-order valence-electron chi connectivity index (χ4n) is 11.0. The van der Waals surface area contributed by atoms with Crippen LogP contribution in [-0.4, -0.2) is 96.7 Å². The summed E-state index contributed by atoms with van der Waals surface area (Å²) in [7, 11) is -9.89. The molecule has 0 amide bonds. The van der Waals surface area contributed by atoms with E-state index in [2.05, 4.69) is 27.7 Å². The molecule has 0 aromatic heterocycles. The Labute approximate surface area is 556 Å². The number of carbonyl (C=O) groups excluding carboxylic acids is 4. The van der Waals surface area contributed by atoms with Crippen molar-refractivity contribution in [2.75, 3.05) is 39.6 Å². The van der Waals surface area contributed by atoms with E-state index in [0.717, 1.165) is 103 Å². The highest BCUT2D eigenvalue weighted by Crippen LogP contribution is 2.45. The summed E-state index contributed by atoms with van der Waals surface area (Å²) in [5.74, 6) is -2.12. The van der Waals surface area contributed by atoms with Crippen molar-refractivity contribution in [3.05, 3.63) is 0 Å². The molecule has 540 valence electrons. The number of phosphoric acid groups is 2. The molecule has 0 aliphatic rings. The lowest BCUT2D eigenvalue weighted by Crippen LogP contribution is -2.30. The van der Waals surface area contributed by atoms with Crippen LogP contribution < -0.4 is 0 Å². The van der Waals surface area contributed by atoms with Crippen molar-refractivity contribution in [1.82, 2.24) is 0 Å². The first-order valence-corrected chi connectivity index (χ1v) is 40.8. The van der Waals surface area contributed by atoms with Gasteiger partial charge in [0.1, 0.15) is 19.3 Å². The average Bonchev–Trinajstić information content (AvgIpc) is 3.35. The zero-order chi connectivity index (χ0) is 66.8. The normalized spacial score (nSPS) is 14.0. The van der Waals surface area contributed by atoms with Gasteiger partial charge in [0.15, 0.2) is 12.2 Å². The first kappa shape index (κ1) is 89.1. The van der Waals surface area contributed by atoms with Crippen molar-refractivity contribution in [2.24, 2.45) is 0 Å². The van der Waals surface area contributed by atoms with Crippen LogP contribution in [0.5, 0.6) is 0 Å². The quantitative estimate of drug-likeness (QED) is 0.0222. The van der Waals surface area contributed by atoms with Crippen molar-refractivity contribution >= 4 is 39.5 Å². The number of hydrogen-bond donors (Lipinski definition) is 3. The number of ether oxygens (including phenoxy) is 4. The van der Waals surface area contributed by atoms with E-state index in [-0.39, 0.29) is 25.7 Å². The molecule has 17 nitrogen and oxygen atoms in total. The third-order valence-electron chi connectivity index (χ3n) is 16.9. The van der Waals surface area contributed by atoms with Crippen molar-refractivity contribution in [3.63, 3.8) is 0 Å². The molecule has 0 saturated carbocycles. The van der Waals surface area contributed by atoms with Gasteiger partial charge in [-0.15, -0.1) is 0 Å². The molecule has 0 rings (SSSR count). The minimum absolute atomic E-state index is 0.105. The van der Waals surface area contributed by atoms with Gasteiger partial charge in [-0.05, 0) is 25.7 Å². The number of hydrogen-bond acceptors (Lipinski definition) is 15. The summed E-state index contributed by atoms with van der Waals surface area (Å²) in [6.45, 7) is 4.93. The maximum Gasteiger partial charge on any atom is 0.472 e. The van der Waals surface area contributed by atoms with Crippen LogP contribution in [-0.2, 0) is 65.4 Å². The molecule has 0 heterocycles. The van der Waals surface area contributed by atoms with Crippen LogP contribution >= 0.6 is 15.6 Å². The summed E-state index contributed by atoms with van der Waals surface area (Å²) < 4.78 is 68.3. The SMILES string of the molecule is CCCCCCCCCCCCCCCCCC(=O)OC[C@H](COP(=O)(O)OC[C@@H](O)COP(=O)(O)OC[C@@H](COC(=O)CCCCCCCCCCCCCCCC)OC(=O)CCCCCCCCC)OC(=O)CCCCCCCCCCCCCCCCC. The van der Waals surface area contributed by atoms with Crippen LogP contribution in [0, 0.1) is 0 Å². The van der Waals surface area contributed by atoms with Crippen LogP contribution in [0.25, 0.3) is 0 Å². The number of unbranched alkanes of at least 4 members (excludes halogenated alkanes) is 47. The van der Waals surface area contributed by atoms with Crippen molar-refractivity contribution < 1.29 is 80.2 Å². The molecule has 0 saturated heterocycles. The number of phosphoric ester groups is 2. The fraction of sp³-hybridized carbons (Fsp3) is 0.944. The molecule has 0 aliphatic carbocycles. The Kier molecular flexibility index (Phi) is 65.2. The maximum atomic E-state index is 13.0. The van der Waals surface area contributed by atoms with Gasteiger partial charge in [0.05, 0.1) is 26.4 Å².